The van der Waals surface area contributed by atoms with Gasteiger partial charge in [0.2, 0.25) is 5.88 Å². The summed E-state index contributed by atoms with van der Waals surface area (Å²) in [7, 11) is 1.61. The fourth-order valence-electron chi connectivity index (χ4n) is 3.36. The van der Waals surface area contributed by atoms with Crippen LogP contribution in [0.3, 0.4) is 0 Å². The van der Waals surface area contributed by atoms with Gasteiger partial charge in [-0.2, -0.15) is 0 Å². The predicted octanol–water partition coefficient (Wildman–Crippen LogP) is 4.19. The Kier molecular flexibility index (Phi) is 4.61. The summed E-state index contributed by atoms with van der Waals surface area (Å²) in [6.07, 6.45) is 9.59. The second-order valence-corrected chi connectivity index (χ2v) is 6.68. The highest BCUT2D eigenvalue weighted by atomic mass is 16.5. The van der Waals surface area contributed by atoms with Crippen molar-refractivity contribution < 1.29 is 4.74 Å². The van der Waals surface area contributed by atoms with E-state index in [1.165, 1.54) is 30.5 Å². The lowest BCUT2D eigenvalue weighted by Crippen LogP contribution is -2.02. The van der Waals surface area contributed by atoms with Gasteiger partial charge < -0.3 is 4.74 Å². The third-order valence-electron chi connectivity index (χ3n) is 4.86. The van der Waals surface area contributed by atoms with Crippen LogP contribution in [0.2, 0.25) is 0 Å². The standard InChI is InChI=1S/C21H22N4O/c1-14-8-10-18(24-20(14)16-9-11-19(26-2)22-13-16)21-23-12-15-6-4-3-5-7-17(15)25-21/h8-13H,3-7H2,1-2H3. The lowest BCUT2D eigenvalue weighted by Gasteiger charge is -2.10. The van der Waals surface area contributed by atoms with E-state index in [-0.39, 0.29) is 0 Å². The number of methoxy groups -OCH3 is 1. The summed E-state index contributed by atoms with van der Waals surface area (Å²) < 4.78 is 5.14. The first-order valence-corrected chi connectivity index (χ1v) is 9.08. The van der Waals surface area contributed by atoms with Gasteiger partial charge in [-0.25, -0.2) is 19.9 Å². The monoisotopic (exact) mass is 346 g/mol. The lowest BCUT2D eigenvalue weighted by molar-refractivity contribution is 0.398. The molecule has 4 rings (SSSR count). The molecular weight excluding hydrogens is 324 g/mol. The zero-order chi connectivity index (χ0) is 17.9. The van der Waals surface area contributed by atoms with Gasteiger partial charge in [0.05, 0.1) is 12.8 Å². The minimum atomic E-state index is 0.594. The van der Waals surface area contributed by atoms with Crippen LogP contribution in [0.15, 0.2) is 36.7 Å². The molecule has 3 heterocycles. The molecule has 5 heteroatoms. The number of ether oxygens (including phenoxy) is 1. The molecule has 3 aromatic rings. The van der Waals surface area contributed by atoms with Gasteiger partial charge in [0.25, 0.3) is 0 Å². The minimum Gasteiger partial charge on any atom is -0.481 e. The van der Waals surface area contributed by atoms with E-state index in [4.69, 9.17) is 14.7 Å². The molecule has 0 aromatic carbocycles. The van der Waals surface area contributed by atoms with Crippen molar-refractivity contribution in [1.82, 2.24) is 19.9 Å². The van der Waals surface area contributed by atoms with Gasteiger partial charge in [-0.05, 0) is 55.9 Å². The molecule has 5 nitrogen and oxygen atoms in total. The van der Waals surface area contributed by atoms with E-state index in [1.54, 1.807) is 13.3 Å². The van der Waals surface area contributed by atoms with Crippen molar-refractivity contribution in [1.29, 1.82) is 0 Å². The molecule has 0 N–H and O–H groups in total. The van der Waals surface area contributed by atoms with Crippen LogP contribution in [0.4, 0.5) is 0 Å². The average Bonchev–Trinajstić information content (AvgIpc) is 2.93. The number of aryl methyl sites for hydroxylation is 3. The van der Waals surface area contributed by atoms with Gasteiger partial charge in [-0.15, -0.1) is 0 Å². The molecule has 0 saturated carbocycles. The molecular formula is C21H22N4O. The number of nitrogens with zero attached hydrogens (tertiary/aromatic N) is 4. The van der Waals surface area contributed by atoms with Crippen molar-refractivity contribution >= 4 is 0 Å². The third-order valence-corrected chi connectivity index (χ3v) is 4.86. The van der Waals surface area contributed by atoms with Gasteiger partial charge in [0.15, 0.2) is 5.82 Å². The molecule has 0 saturated heterocycles. The fraction of sp³-hybridized carbons (Fsp3) is 0.333. The molecule has 132 valence electrons. The molecule has 0 unspecified atom stereocenters. The molecule has 0 aliphatic heterocycles. The van der Waals surface area contributed by atoms with Crippen molar-refractivity contribution in [2.24, 2.45) is 0 Å². The first kappa shape index (κ1) is 16.6. The lowest BCUT2D eigenvalue weighted by atomic mass is 10.1. The van der Waals surface area contributed by atoms with Crippen LogP contribution in [0.25, 0.3) is 22.8 Å². The first-order valence-electron chi connectivity index (χ1n) is 9.08. The van der Waals surface area contributed by atoms with E-state index in [0.717, 1.165) is 35.4 Å². The van der Waals surface area contributed by atoms with E-state index >= 15 is 0 Å². The Hall–Kier alpha value is -2.82. The Morgan fingerprint density at radius 1 is 0.885 bits per heavy atom. The molecule has 0 fully saturated rings. The predicted molar refractivity (Wildman–Crippen MR) is 101 cm³/mol. The Bertz CT molecular complexity index is 922. The van der Waals surface area contributed by atoms with Crippen molar-refractivity contribution in [3.05, 3.63) is 53.5 Å². The highest BCUT2D eigenvalue weighted by Gasteiger charge is 2.14. The quantitative estimate of drug-likeness (QED) is 0.666. The van der Waals surface area contributed by atoms with Gasteiger partial charge in [0, 0.05) is 29.7 Å². The Labute approximate surface area is 153 Å². The van der Waals surface area contributed by atoms with Gasteiger partial charge in [-0.1, -0.05) is 12.5 Å². The maximum atomic E-state index is 5.14. The minimum absolute atomic E-state index is 0.594. The van der Waals surface area contributed by atoms with Crippen LogP contribution in [0, 0.1) is 6.92 Å². The molecule has 26 heavy (non-hydrogen) atoms. The van der Waals surface area contributed by atoms with E-state index in [9.17, 15) is 0 Å². The van der Waals surface area contributed by atoms with E-state index in [1.807, 2.05) is 31.3 Å². The zero-order valence-electron chi connectivity index (χ0n) is 15.2. The molecule has 0 atom stereocenters. The van der Waals surface area contributed by atoms with Crippen LogP contribution in [-0.2, 0) is 12.8 Å². The summed E-state index contributed by atoms with van der Waals surface area (Å²) in [6, 6.07) is 7.88. The Balaban J connectivity index is 1.72. The number of fused-ring (bicyclic) bond motifs is 1. The smallest absolute Gasteiger partial charge is 0.212 e. The van der Waals surface area contributed by atoms with Gasteiger partial charge >= 0.3 is 0 Å². The Morgan fingerprint density at radius 3 is 2.58 bits per heavy atom. The fourth-order valence-corrected chi connectivity index (χ4v) is 3.36. The average molecular weight is 346 g/mol. The molecule has 3 aromatic heterocycles. The van der Waals surface area contributed by atoms with Crippen molar-refractivity contribution in [3.8, 4) is 28.7 Å². The summed E-state index contributed by atoms with van der Waals surface area (Å²) >= 11 is 0. The second kappa shape index (κ2) is 7.20. The largest absolute Gasteiger partial charge is 0.481 e. The van der Waals surface area contributed by atoms with Crippen LogP contribution in [0.5, 0.6) is 5.88 Å². The maximum absolute atomic E-state index is 5.14. The molecule has 0 amide bonds. The third kappa shape index (κ3) is 3.29. The summed E-state index contributed by atoms with van der Waals surface area (Å²) in [6.45, 7) is 2.05. The van der Waals surface area contributed by atoms with Crippen LogP contribution < -0.4 is 4.74 Å². The number of aromatic nitrogens is 4. The van der Waals surface area contributed by atoms with Crippen molar-refractivity contribution in [2.45, 2.75) is 39.0 Å². The topological polar surface area (TPSA) is 60.8 Å². The molecule has 0 spiro atoms. The zero-order valence-corrected chi connectivity index (χ0v) is 15.2. The number of hydrogen-bond donors (Lipinski definition) is 0. The van der Waals surface area contributed by atoms with E-state index < -0.39 is 0 Å². The highest BCUT2D eigenvalue weighted by Crippen LogP contribution is 2.26. The van der Waals surface area contributed by atoms with Gasteiger partial charge in [-0.3, -0.25) is 0 Å². The normalized spacial score (nSPS) is 13.8. The van der Waals surface area contributed by atoms with Crippen molar-refractivity contribution in [3.63, 3.8) is 0 Å². The van der Waals surface area contributed by atoms with Crippen molar-refractivity contribution in [2.75, 3.05) is 7.11 Å². The molecule has 1 aliphatic carbocycles. The summed E-state index contributed by atoms with van der Waals surface area (Å²) in [5.41, 5.74) is 6.22. The van der Waals surface area contributed by atoms with Crippen LogP contribution in [-0.4, -0.2) is 27.0 Å². The SMILES string of the molecule is COc1ccc(-c2nc(-c3ncc4c(n3)CCCCC4)ccc2C)cn1. The number of hydrogen-bond acceptors (Lipinski definition) is 5. The Morgan fingerprint density at radius 2 is 1.77 bits per heavy atom. The second-order valence-electron chi connectivity index (χ2n) is 6.68. The molecule has 0 radical (unpaired) electrons. The van der Waals surface area contributed by atoms with E-state index in [0.29, 0.717) is 11.7 Å². The summed E-state index contributed by atoms with van der Waals surface area (Å²) in [5, 5.41) is 0. The van der Waals surface area contributed by atoms with Crippen LogP contribution in [0.1, 0.15) is 36.1 Å². The highest BCUT2D eigenvalue weighted by molar-refractivity contribution is 5.66. The molecule has 1 aliphatic rings. The summed E-state index contributed by atoms with van der Waals surface area (Å²) in [5.74, 6) is 1.30. The molecule has 0 bridgehead atoms. The number of pyridine rings is 2. The first-order chi connectivity index (χ1) is 12.7. The maximum Gasteiger partial charge on any atom is 0.212 e. The number of rotatable bonds is 3. The van der Waals surface area contributed by atoms with Gasteiger partial charge in [0.1, 0.15) is 5.69 Å². The summed E-state index contributed by atoms with van der Waals surface area (Å²) in [4.78, 5) is 18.5. The van der Waals surface area contributed by atoms with Crippen LogP contribution >= 0.6 is 0 Å². The van der Waals surface area contributed by atoms with E-state index in [2.05, 4.69) is 16.0 Å².